The highest BCUT2D eigenvalue weighted by atomic mass is 32.2. The molecule has 1 aromatic carbocycles. The number of fused-ring (bicyclic) bond motifs is 1. The summed E-state index contributed by atoms with van der Waals surface area (Å²) >= 11 is 0. The summed E-state index contributed by atoms with van der Waals surface area (Å²) in [6.45, 7) is 3.84. The first kappa shape index (κ1) is 19.2. The number of anilines is 1. The number of aromatic nitrogens is 1. The standard InChI is InChI=1S/C19H22N2O5S/c1-4-13-6-9-17-16(20-13)8-5-12(2)21(17)27(24,25)14-7-10-18(22)15(11-14)19(23)26-3/h6-7,9-12,22H,4-5,8H2,1-3H3. The maximum Gasteiger partial charge on any atom is 0.341 e. The van der Waals surface area contributed by atoms with Crippen molar-refractivity contribution in [3.63, 3.8) is 0 Å². The third kappa shape index (κ3) is 3.37. The molecule has 0 saturated heterocycles. The predicted molar refractivity (Wildman–Crippen MR) is 101 cm³/mol. The Hall–Kier alpha value is -2.61. The lowest BCUT2D eigenvalue weighted by Gasteiger charge is -2.35. The van der Waals surface area contributed by atoms with Gasteiger partial charge in [-0.25, -0.2) is 13.2 Å². The minimum atomic E-state index is -3.95. The van der Waals surface area contributed by atoms with Crippen molar-refractivity contribution in [2.24, 2.45) is 0 Å². The molecule has 0 aliphatic carbocycles. The number of ether oxygens (including phenoxy) is 1. The number of phenols is 1. The highest BCUT2D eigenvalue weighted by Gasteiger charge is 2.35. The molecule has 0 amide bonds. The van der Waals surface area contributed by atoms with E-state index in [1.54, 1.807) is 6.07 Å². The number of carbonyl (C=O) groups is 1. The largest absolute Gasteiger partial charge is 0.507 e. The van der Waals surface area contributed by atoms with Crippen molar-refractivity contribution in [2.45, 2.75) is 44.0 Å². The topological polar surface area (TPSA) is 96.8 Å². The summed E-state index contributed by atoms with van der Waals surface area (Å²) in [5.74, 6) is -1.13. The molecule has 1 aromatic heterocycles. The first-order valence-electron chi connectivity index (χ1n) is 8.74. The molecule has 0 bridgehead atoms. The summed E-state index contributed by atoms with van der Waals surface area (Å²) in [6, 6.07) is 6.98. The monoisotopic (exact) mass is 390 g/mol. The Bertz CT molecular complexity index is 988. The molecule has 0 spiro atoms. The zero-order valence-corrected chi connectivity index (χ0v) is 16.3. The van der Waals surface area contributed by atoms with Crippen LogP contribution in [0.1, 0.15) is 42.0 Å². The van der Waals surface area contributed by atoms with Crippen molar-refractivity contribution in [1.82, 2.24) is 4.98 Å². The van der Waals surface area contributed by atoms with Crippen molar-refractivity contribution in [2.75, 3.05) is 11.4 Å². The van der Waals surface area contributed by atoms with Crippen LogP contribution in [0.15, 0.2) is 35.2 Å². The quantitative estimate of drug-likeness (QED) is 0.806. The summed E-state index contributed by atoms with van der Waals surface area (Å²) in [7, 11) is -2.78. The second-order valence-corrected chi connectivity index (χ2v) is 8.30. The number of rotatable bonds is 4. The van der Waals surface area contributed by atoms with E-state index in [4.69, 9.17) is 0 Å². The molecule has 8 heteroatoms. The number of nitrogens with zero attached hydrogens (tertiary/aromatic N) is 2. The maximum absolute atomic E-state index is 13.4. The number of esters is 1. The lowest BCUT2D eigenvalue weighted by atomic mass is 10.0. The summed E-state index contributed by atoms with van der Waals surface area (Å²) in [5.41, 5.74) is 2.03. The van der Waals surface area contributed by atoms with E-state index in [1.807, 2.05) is 19.9 Å². The molecule has 1 unspecified atom stereocenters. The van der Waals surface area contributed by atoms with E-state index in [9.17, 15) is 18.3 Å². The molecule has 0 saturated carbocycles. The number of hydrogen-bond acceptors (Lipinski definition) is 6. The molecule has 144 valence electrons. The van der Waals surface area contributed by atoms with Crippen molar-refractivity contribution >= 4 is 21.7 Å². The Morgan fingerprint density at radius 2 is 2.07 bits per heavy atom. The fourth-order valence-electron chi connectivity index (χ4n) is 3.25. The Balaban J connectivity index is 2.12. The summed E-state index contributed by atoms with van der Waals surface area (Å²) in [5, 5.41) is 9.86. The predicted octanol–water partition coefficient (Wildman–Crippen LogP) is 2.67. The molecule has 1 aliphatic rings. The van der Waals surface area contributed by atoms with Gasteiger partial charge in [0.2, 0.25) is 0 Å². The highest BCUT2D eigenvalue weighted by molar-refractivity contribution is 7.92. The van der Waals surface area contributed by atoms with Gasteiger partial charge in [-0.2, -0.15) is 0 Å². The van der Waals surface area contributed by atoms with Gasteiger partial charge in [-0.3, -0.25) is 9.29 Å². The third-order valence-corrected chi connectivity index (χ3v) is 6.66. The lowest BCUT2D eigenvalue weighted by Crippen LogP contribution is -2.42. The van der Waals surface area contributed by atoms with Gasteiger partial charge in [0, 0.05) is 11.7 Å². The molecule has 7 nitrogen and oxygen atoms in total. The van der Waals surface area contributed by atoms with Gasteiger partial charge in [-0.05, 0) is 56.5 Å². The fourth-order valence-corrected chi connectivity index (χ4v) is 4.99. The minimum absolute atomic E-state index is 0.0834. The molecular weight excluding hydrogens is 368 g/mol. The number of hydrogen-bond donors (Lipinski definition) is 1. The second-order valence-electron chi connectivity index (χ2n) is 6.48. The smallest absolute Gasteiger partial charge is 0.341 e. The van der Waals surface area contributed by atoms with Gasteiger partial charge in [0.15, 0.2) is 0 Å². The van der Waals surface area contributed by atoms with Crippen LogP contribution in [0.5, 0.6) is 5.75 Å². The number of benzene rings is 1. The van der Waals surface area contributed by atoms with Crippen molar-refractivity contribution in [1.29, 1.82) is 0 Å². The van der Waals surface area contributed by atoms with Gasteiger partial charge in [0.25, 0.3) is 10.0 Å². The number of sulfonamides is 1. The van der Waals surface area contributed by atoms with Crippen LogP contribution in [0, 0.1) is 0 Å². The van der Waals surface area contributed by atoms with Crippen LogP contribution in [0.2, 0.25) is 0 Å². The van der Waals surface area contributed by atoms with Crippen molar-refractivity contribution in [3.8, 4) is 5.75 Å². The molecule has 1 N–H and O–H groups in total. The van der Waals surface area contributed by atoms with E-state index in [0.717, 1.165) is 23.9 Å². The zero-order chi connectivity index (χ0) is 19.8. The van der Waals surface area contributed by atoms with Crippen LogP contribution >= 0.6 is 0 Å². The molecule has 0 radical (unpaired) electrons. The van der Waals surface area contributed by atoms with E-state index < -0.39 is 16.0 Å². The molecule has 2 aromatic rings. The average molecular weight is 390 g/mol. The number of methoxy groups -OCH3 is 1. The summed E-state index contributed by atoms with van der Waals surface area (Å²) < 4.78 is 32.7. The average Bonchev–Trinajstić information content (AvgIpc) is 2.66. The first-order chi connectivity index (χ1) is 12.8. The van der Waals surface area contributed by atoms with Crippen molar-refractivity contribution < 1.29 is 23.1 Å². The van der Waals surface area contributed by atoms with E-state index >= 15 is 0 Å². The first-order valence-corrected chi connectivity index (χ1v) is 10.2. The number of phenolic OH excluding ortho intramolecular Hbond substituents is 1. The fraction of sp³-hybridized carbons (Fsp3) is 0.368. The second kappa shape index (κ2) is 7.19. The third-order valence-electron chi connectivity index (χ3n) is 4.74. The normalized spacial score (nSPS) is 16.7. The lowest BCUT2D eigenvalue weighted by molar-refractivity contribution is 0.0597. The minimum Gasteiger partial charge on any atom is -0.507 e. The van der Waals surface area contributed by atoms with E-state index in [1.165, 1.54) is 23.5 Å². The van der Waals surface area contributed by atoms with Crippen LogP contribution in [0.3, 0.4) is 0 Å². The van der Waals surface area contributed by atoms with Gasteiger partial charge >= 0.3 is 5.97 Å². The van der Waals surface area contributed by atoms with Crippen LogP contribution < -0.4 is 4.31 Å². The molecule has 0 fully saturated rings. The summed E-state index contributed by atoms with van der Waals surface area (Å²) in [4.78, 5) is 16.3. The van der Waals surface area contributed by atoms with Gasteiger partial charge in [-0.15, -0.1) is 0 Å². The highest BCUT2D eigenvalue weighted by Crippen LogP contribution is 2.35. The SMILES string of the molecule is CCc1ccc2c(n1)CCC(C)N2S(=O)(=O)c1ccc(O)c(C(=O)OC)c1. The number of carbonyl (C=O) groups excluding carboxylic acids is 1. The Morgan fingerprint density at radius 1 is 1.33 bits per heavy atom. The van der Waals surface area contributed by atoms with E-state index in [0.29, 0.717) is 18.5 Å². The zero-order valence-electron chi connectivity index (χ0n) is 15.5. The van der Waals surface area contributed by atoms with Crippen LogP contribution in [0.25, 0.3) is 0 Å². The van der Waals surface area contributed by atoms with Gasteiger partial charge in [0.1, 0.15) is 11.3 Å². The molecule has 2 heterocycles. The molecule has 27 heavy (non-hydrogen) atoms. The van der Waals surface area contributed by atoms with E-state index in [-0.39, 0.29) is 22.3 Å². The molecule has 1 aliphatic heterocycles. The van der Waals surface area contributed by atoms with Crippen molar-refractivity contribution in [3.05, 3.63) is 47.3 Å². The molecular formula is C19H22N2O5S. The summed E-state index contributed by atoms with van der Waals surface area (Å²) in [6.07, 6.45) is 2.13. The number of pyridine rings is 1. The Kier molecular flexibility index (Phi) is 5.10. The van der Waals surface area contributed by atoms with Gasteiger partial charge in [-0.1, -0.05) is 6.92 Å². The van der Waals surface area contributed by atoms with Crippen LogP contribution in [-0.4, -0.2) is 37.6 Å². The number of aryl methyl sites for hydroxylation is 2. The van der Waals surface area contributed by atoms with Crippen LogP contribution in [0.4, 0.5) is 5.69 Å². The molecule has 1 atom stereocenters. The Labute approximate surface area is 158 Å². The Morgan fingerprint density at radius 3 is 2.74 bits per heavy atom. The van der Waals surface area contributed by atoms with E-state index in [2.05, 4.69) is 9.72 Å². The van der Waals surface area contributed by atoms with Gasteiger partial charge < -0.3 is 9.84 Å². The maximum atomic E-state index is 13.4. The molecule has 3 rings (SSSR count). The van der Waals surface area contributed by atoms with Crippen LogP contribution in [-0.2, 0) is 27.6 Å². The number of aromatic hydroxyl groups is 1. The van der Waals surface area contributed by atoms with Gasteiger partial charge in [0.05, 0.1) is 23.4 Å².